The fourth-order valence-corrected chi connectivity index (χ4v) is 4.86. The molecular weight excluding hydrogens is 326 g/mol. The number of aliphatic carboxylic acids is 1. The molecule has 9 heteroatoms. The normalized spacial score (nSPS) is 20.3. The molecule has 0 amide bonds. The van der Waals surface area contributed by atoms with E-state index in [4.69, 9.17) is 5.11 Å². The Bertz CT molecular complexity index is 831. The van der Waals surface area contributed by atoms with E-state index in [1.807, 2.05) is 6.92 Å². The van der Waals surface area contributed by atoms with Gasteiger partial charge in [0.15, 0.2) is 0 Å². The van der Waals surface area contributed by atoms with Crippen LogP contribution in [0.1, 0.15) is 5.01 Å². The minimum absolute atomic E-state index is 0.0720. The molecule has 1 aromatic heterocycles. The van der Waals surface area contributed by atoms with E-state index >= 15 is 0 Å². The lowest BCUT2D eigenvalue weighted by Crippen LogP contribution is -2.55. The van der Waals surface area contributed by atoms with Gasteiger partial charge in [-0.2, -0.15) is 4.31 Å². The zero-order valence-electron chi connectivity index (χ0n) is 11.8. The number of piperazine rings is 1. The van der Waals surface area contributed by atoms with Gasteiger partial charge in [-0.15, -0.1) is 11.3 Å². The average molecular weight is 341 g/mol. The van der Waals surface area contributed by atoms with E-state index in [9.17, 15) is 13.2 Å². The van der Waals surface area contributed by atoms with Crippen LogP contribution in [0.3, 0.4) is 0 Å². The van der Waals surface area contributed by atoms with Crippen molar-refractivity contribution in [2.45, 2.75) is 17.9 Å². The first kappa shape index (κ1) is 15.3. The second-order valence-electron chi connectivity index (χ2n) is 5.07. The Morgan fingerprint density at radius 1 is 1.50 bits per heavy atom. The summed E-state index contributed by atoms with van der Waals surface area (Å²) in [6, 6.07) is 3.93. The van der Waals surface area contributed by atoms with Crippen molar-refractivity contribution >= 4 is 37.5 Å². The fourth-order valence-electron chi connectivity index (χ4n) is 2.44. The van der Waals surface area contributed by atoms with Gasteiger partial charge in [-0.05, 0) is 25.1 Å². The van der Waals surface area contributed by atoms with Gasteiger partial charge in [-0.1, -0.05) is 0 Å². The summed E-state index contributed by atoms with van der Waals surface area (Å²) in [6.45, 7) is 2.37. The average Bonchev–Trinajstić information content (AvgIpc) is 2.86. The molecule has 1 fully saturated rings. The molecule has 0 spiro atoms. The van der Waals surface area contributed by atoms with Crippen LogP contribution in [0.4, 0.5) is 0 Å². The van der Waals surface area contributed by atoms with Crippen LogP contribution in [0, 0.1) is 6.92 Å². The highest BCUT2D eigenvalue weighted by atomic mass is 32.2. The van der Waals surface area contributed by atoms with E-state index in [0.29, 0.717) is 6.54 Å². The van der Waals surface area contributed by atoms with Crippen LogP contribution in [-0.2, 0) is 14.8 Å². The van der Waals surface area contributed by atoms with E-state index in [-0.39, 0.29) is 18.0 Å². The van der Waals surface area contributed by atoms with E-state index in [0.717, 1.165) is 15.2 Å². The molecule has 2 aromatic rings. The van der Waals surface area contributed by atoms with Crippen LogP contribution in [0.25, 0.3) is 10.2 Å². The molecule has 1 saturated heterocycles. The molecule has 2 heterocycles. The van der Waals surface area contributed by atoms with Gasteiger partial charge in [0.2, 0.25) is 10.0 Å². The SMILES string of the molecule is Cc1nc2ccc(S(=O)(=O)N3CCN[C@@H](C(=O)O)C3)cc2s1. The van der Waals surface area contributed by atoms with Gasteiger partial charge in [-0.25, -0.2) is 13.4 Å². The maximum Gasteiger partial charge on any atom is 0.322 e. The van der Waals surface area contributed by atoms with Crippen LogP contribution in [-0.4, -0.2) is 54.5 Å². The van der Waals surface area contributed by atoms with Crippen molar-refractivity contribution < 1.29 is 18.3 Å². The number of rotatable bonds is 3. The molecule has 2 N–H and O–H groups in total. The van der Waals surface area contributed by atoms with Crippen molar-refractivity contribution in [1.29, 1.82) is 0 Å². The van der Waals surface area contributed by atoms with Gasteiger partial charge in [0.05, 0.1) is 20.1 Å². The molecule has 0 unspecified atom stereocenters. The van der Waals surface area contributed by atoms with E-state index in [2.05, 4.69) is 10.3 Å². The third-order valence-corrected chi connectivity index (χ3v) is 6.34. The smallest absolute Gasteiger partial charge is 0.322 e. The van der Waals surface area contributed by atoms with E-state index in [1.165, 1.54) is 21.7 Å². The molecule has 0 aliphatic carbocycles. The van der Waals surface area contributed by atoms with Crippen LogP contribution in [0.2, 0.25) is 0 Å². The Labute approximate surface area is 131 Å². The number of carboxylic acid groups (broad SMARTS) is 1. The monoisotopic (exact) mass is 341 g/mol. The Balaban J connectivity index is 1.94. The van der Waals surface area contributed by atoms with Gasteiger partial charge in [0.1, 0.15) is 6.04 Å². The molecule has 1 aliphatic rings. The number of benzene rings is 1. The number of thiazole rings is 1. The molecule has 118 valence electrons. The largest absolute Gasteiger partial charge is 0.480 e. The summed E-state index contributed by atoms with van der Waals surface area (Å²) in [5.74, 6) is -1.05. The minimum Gasteiger partial charge on any atom is -0.480 e. The van der Waals surface area contributed by atoms with Crippen molar-refractivity contribution in [3.05, 3.63) is 23.2 Å². The van der Waals surface area contributed by atoms with Crippen LogP contribution >= 0.6 is 11.3 Å². The van der Waals surface area contributed by atoms with Crippen LogP contribution in [0.5, 0.6) is 0 Å². The second-order valence-corrected chi connectivity index (χ2v) is 8.24. The third kappa shape index (κ3) is 2.72. The van der Waals surface area contributed by atoms with Crippen LogP contribution < -0.4 is 5.32 Å². The fraction of sp³-hybridized carbons (Fsp3) is 0.385. The number of carbonyl (C=O) groups is 1. The molecule has 1 aliphatic heterocycles. The van der Waals surface area contributed by atoms with Gasteiger partial charge in [-0.3, -0.25) is 4.79 Å². The lowest BCUT2D eigenvalue weighted by molar-refractivity contribution is -0.140. The number of carboxylic acids is 1. The summed E-state index contributed by atoms with van der Waals surface area (Å²) in [5.41, 5.74) is 0.769. The van der Waals surface area contributed by atoms with Gasteiger partial charge in [0.25, 0.3) is 0 Å². The maximum atomic E-state index is 12.7. The third-order valence-electron chi connectivity index (χ3n) is 3.54. The predicted octanol–water partition coefficient (Wildman–Crippen LogP) is 0.652. The number of hydrogen-bond acceptors (Lipinski definition) is 6. The lowest BCUT2D eigenvalue weighted by Gasteiger charge is -2.30. The Morgan fingerprint density at radius 3 is 3.00 bits per heavy atom. The highest BCUT2D eigenvalue weighted by Crippen LogP contribution is 2.26. The van der Waals surface area contributed by atoms with Crippen molar-refractivity contribution in [2.75, 3.05) is 19.6 Å². The summed E-state index contributed by atoms with van der Waals surface area (Å²) in [4.78, 5) is 15.5. The topological polar surface area (TPSA) is 99.6 Å². The van der Waals surface area contributed by atoms with Gasteiger partial charge in [0, 0.05) is 19.6 Å². The quantitative estimate of drug-likeness (QED) is 0.850. The molecule has 3 rings (SSSR count). The highest BCUT2D eigenvalue weighted by molar-refractivity contribution is 7.89. The molecule has 1 atom stereocenters. The first-order valence-corrected chi connectivity index (χ1v) is 8.97. The van der Waals surface area contributed by atoms with Crippen LogP contribution in [0.15, 0.2) is 23.1 Å². The van der Waals surface area contributed by atoms with Crippen molar-refractivity contribution in [2.24, 2.45) is 0 Å². The summed E-state index contributed by atoms with van der Waals surface area (Å²) >= 11 is 1.43. The number of aryl methyl sites for hydroxylation is 1. The second kappa shape index (κ2) is 5.58. The molecular formula is C13H15N3O4S2. The molecule has 0 saturated carbocycles. The molecule has 0 bridgehead atoms. The van der Waals surface area contributed by atoms with Gasteiger partial charge >= 0.3 is 5.97 Å². The zero-order valence-corrected chi connectivity index (χ0v) is 13.4. The molecule has 0 radical (unpaired) electrons. The Hall–Kier alpha value is -1.55. The van der Waals surface area contributed by atoms with E-state index in [1.54, 1.807) is 12.1 Å². The van der Waals surface area contributed by atoms with Gasteiger partial charge < -0.3 is 10.4 Å². The van der Waals surface area contributed by atoms with Crippen molar-refractivity contribution in [3.8, 4) is 0 Å². The number of aromatic nitrogens is 1. The summed E-state index contributed by atoms with van der Waals surface area (Å²) in [7, 11) is -3.70. The standard InChI is InChI=1S/C13H15N3O4S2/c1-8-15-10-3-2-9(6-12(10)21-8)22(19,20)16-5-4-14-11(7-16)13(17)18/h2-3,6,11,14H,4-5,7H2,1H3,(H,17,18)/t11-/m1/s1. The molecule has 1 aromatic carbocycles. The van der Waals surface area contributed by atoms with Crippen molar-refractivity contribution in [3.63, 3.8) is 0 Å². The molecule has 22 heavy (non-hydrogen) atoms. The number of sulfonamides is 1. The lowest BCUT2D eigenvalue weighted by atomic mass is 10.2. The minimum atomic E-state index is -3.70. The zero-order chi connectivity index (χ0) is 15.9. The number of fused-ring (bicyclic) bond motifs is 1. The highest BCUT2D eigenvalue weighted by Gasteiger charge is 2.33. The number of nitrogens with zero attached hydrogens (tertiary/aromatic N) is 2. The summed E-state index contributed by atoms with van der Waals surface area (Å²) in [6.07, 6.45) is 0. The number of hydrogen-bond donors (Lipinski definition) is 2. The first-order chi connectivity index (χ1) is 10.4. The Morgan fingerprint density at radius 2 is 2.27 bits per heavy atom. The molecule has 7 nitrogen and oxygen atoms in total. The predicted molar refractivity (Wildman–Crippen MR) is 82.5 cm³/mol. The van der Waals surface area contributed by atoms with Crippen molar-refractivity contribution in [1.82, 2.24) is 14.6 Å². The number of nitrogens with one attached hydrogen (secondary N) is 1. The first-order valence-electron chi connectivity index (χ1n) is 6.71. The Kier molecular flexibility index (Phi) is 3.89. The van der Waals surface area contributed by atoms with E-state index < -0.39 is 22.0 Å². The summed E-state index contributed by atoms with van der Waals surface area (Å²) < 4.78 is 27.4. The maximum absolute atomic E-state index is 12.7. The summed E-state index contributed by atoms with van der Waals surface area (Å²) in [5, 5.41) is 12.7.